The first-order valence-electron chi connectivity index (χ1n) is 2.85. The molecule has 4 N–H and O–H groups in total. The number of benzene rings is 1. The van der Waals surface area contributed by atoms with Crippen molar-refractivity contribution in [3.63, 3.8) is 0 Å². The summed E-state index contributed by atoms with van der Waals surface area (Å²) in [6.07, 6.45) is 0. The minimum Gasteiger partial charge on any atom is -0.508 e. The van der Waals surface area contributed by atoms with Crippen molar-refractivity contribution in [3.05, 3.63) is 24.3 Å². The van der Waals surface area contributed by atoms with Crippen molar-refractivity contribution in [1.29, 1.82) is 0 Å². The van der Waals surface area contributed by atoms with Gasteiger partial charge in [-0.25, -0.2) is 0 Å². The van der Waals surface area contributed by atoms with Crippen LogP contribution < -0.4 is 5.73 Å². The number of hydrogen-bond donors (Lipinski definition) is 3. The molecule has 3 nitrogen and oxygen atoms in total. The molecule has 0 unspecified atom stereocenters. The molecule has 0 bridgehead atoms. The third-order valence-corrected chi connectivity index (χ3v) is 0.850. The Morgan fingerprint density at radius 1 is 0.900 bits per heavy atom. The van der Waals surface area contributed by atoms with Crippen LogP contribution in [-0.2, 0) is 0 Å². The number of rotatable bonds is 0. The van der Waals surface area contributed by atoms with Gasteiger partial charge in [-0.3, -0.25) is 0 Å². The first-order valence-corrected chi connectivity index (χ1v) is 2.85. The quantitative estimate of drug-likeness (QED) is 0.465. The average molecular weight is 141 g/mol. The fourth-order valence-electron chi connectivity index (χ4n) is 0.453. The van der Waals surface area contributed by atoms with Gasteiger partial charge in [0.15, 0.2) is 0 Å². The van der Waals surface area contributed by atoms with E-state index in [-0.39, 0.29) is 11.5 Å². The van der Waals surface area contributed by atoms with Gasteiger partial charge in [-0.15, -0.1) is 0 Å². The lowest BCUT2D eigenvalue weighted by Gasteiger charge is -1.88. The van der Waals surface area contributed by atoms with Crippen LogP contribution in [-0.4, -0.2) is 17.3 Å². The highest BCUT2D eigenvalue weighted by Gasteiger charge is 1.84. The highest BCUT2D eigenvalue weighted by Crippen LogP contribution is 2.13. The summed E-state index contributed by atoms with van der Waals surface area (Å²) in [5.74, 6) is 0.339. The Bertz CT molecular complexity index is 150. The van der Waals surface area contributed by atoms with Gasteiger partial charge >= 0.3 is 0 Å². The van der Waals surface area contributed by atoms with Crippen molar-refractivity contribution in [2.75, 3.05) is 7.05 Å². The molecule has 1 aromatic carbocycles. The van der Waals surface area contributed by atoms with E-state index in [9.17, 15) is 0 Å². The van der Waals surface area contributed by atoms with Gasteiger partial charge in [0.2, 0.25) is 0 Å². The normalized spacial score (nSPS) is 7.80. The van der Waals surface area contributed by atoms with Gasteiger partial charge in [0.05, 0.1) is 0 Å². The van der Waals surface area contributed by atoms with E-state index >= 15 is 0 Å². The van der Waals surface area contributed by atoms with Crippen molar-refractivity contribution in [2.45, 2.75) is 0 Å². The van der Waals surface area contributed by atoms with Gasteiger partial charge in [0.1, 0.15) is 11.5 Å². The van der Waals surface area contributed by atoms with Crippen molar-refractivity contribution >= 4 is 0 Å². The third-order valence-electron chi connectivity index (χ3n) is 0.850. The lowest BCUT2D eigenvalue weighted by Crippen LogP contribution is -1.69. The van der Waals surface area contributed by atoms with E-state index in [4.69, 9.17) is 10.2 Å². The van der Waals surface area contributed by atoms with Gasteiger partial charge in [-0.1, -0.05) is 0 Å². The molecule has 3 heteroatoms. The molecule has 0 aliphatic rings. The van der Waals surface area contributed by atoms with Gasteiger partial charge in [0.25, 0.3) is 0 Å². The molecule has 0 aliphatic carbocycles. The summed E-state index contributed by atoms with van der Waals surface area (Å²) < 4.78 is 0. The predicted octanol–water partition coefficient (Wildman–Crippen LogP) is 0.673. The Balaban J connectivity index is 0.000000371. The zero-order valence-corrected chi connectivity index (χ0v) is 5.78. The van der Waals surface area contributed by atoms with Crippen LogP contribution in [0, 0.1) is 0 Å². The van der Waals surface area contributed by atoms with Crippen molar-refractivity contribution in [1.82, 2.24) is 0 Å². The number of phenols is 2. The zero-order chi connectivity index (χ0) is 7.98. The van der Waals surface area contributed by atoms with Crippen molar-refractivity contribution in [3.8, 4) is 11.5 Å². The lowest BCUT2D eigenvalue weighted by atomic mass is 10.3. The molecule has 10 heavy (non-hydrogen) atoms. The van der Waals surface area contributed by atoms with Gasteiger partial charge in [0, 0.05) is 0 Å². The second-order valence-electron chi connectivity index (χ2n) is 1.52. The van der Waals surface area contributed by atoms with Gasteiger partial charge < -0.3 is 15.9 Å². The minimum atomic E-state index is 0.169. The Morgan fingerprint density at radius 2 is 1.10 bits per heavy atom. The number of aromatic hydroxyl groups is 2. The van der Waals surface area contributed by atoms with Crippen LogP contribution in [0.3, 0.4) is 0 Å². The highest BCUT2D eigenvalue weighted by molar-refractivity contribution is 5.28. The second-order valence-corrected chi connectivity index (χ2v) is 1.52. The molecule has 0 radical (unpaired) electrons. The van der Waals surface area contributed by atoms with E-state index in [1.807, 2.05) is 0 Å². The van der Waals surface area contributed by atoms with Crippen LogP contribution in [0.15, 0.2) is 24.3 Å². The summed E-state index contributed by atoms with van der Waals surface area (Å²) in [4.78, 5) is 0. The second kappa shape index (κ2) is 4.64. The van der Waals surface area contributed by atoms with Crippen LogP contribution in [0.1, 0.15) is 0 Å². The Hall–Kier alpha value is -1.22. The van der Waals surface area contributed by atoms with E-state index in [0.717, 1.165) is 0 Å². The molecule has 0 aliphatic heterocycles. The Labute approximate surface area is 59.7 Å². The molecule has 0 spiro atoms. The molecular weight excluding hydrogens is 130 g/mol. The van der Waals surface area contributed by atoms with E-state index < -0.39 is 0 Å². The fourth-order valence-corrected chi connectivity index (χ4v) is 0.453. The van der Waals surface area contributed by atoms with E-state index in [2.05, 4.69) is 5.73 Å². The number of phenolic OH excluding ortho intramolecular Hbond substituents is 2. The Kier molecular flexibility index (Phi) is 4.07. The fraction of sp³-hybridized carbons (Fsp3) is 0.143. The van der Waals surface area contributed by atoms with Crippen LogP contribution in [0.4, 0.5) is 0 Å². The minimum absolute atomic E-state index is 0.169. The van der Waals surface area contributed by atoms with Gasteiger partial charge in [-0.05, 0) is 31.3 Å². The molecule has 0 saturated heterocycles. The maximum Gasteiger partial charge on any atom is 0.115 e. The summed E-state index contributed by atoms with van der Waals surface area (Å²) in [6.45, 7) is 0. The van der Waals surface area contributed by atoms with Crippen LogP contribution >= 0.6 is 0 Å². The molecule has 0 heterocycles. The summed E-state index contributed by atoms with van der Waals surface area (Å²) in [5, 5.41) is 17.3. The maximum atomic E-state index is 8.65. The molecular formula is C7H11NO2. The Morgan fingerprint density at radius 3 is 1.30 bits per heavy atom. The van der Waals surface area contributed by atoms with Crippen molar-refractivity contribution < 1.29 is 10.2 Å². The zero-order valence-electron chi connectivity index (χ0n) is 5.78. The van der Waals surface area contributed by atoms with Crippen LogP contribution in [0.2, 0.25) is 0 Å². The van der Waals surface area contributed by atoms with E-state index in [1.165, 1.54) is 31.3 Å². The molecule has 1 aromatic rings. The molecule has 0 fully saturated rings. The summed E-state index contributed by atoms with van der Waals surface area (Å²) in [7, 11) is 1.50. The number of nitrogens with two attached hydrogens (primary N) is 1. The standard InChI is InChI=1S/C6H6O2.CH5N/c7-5-1-2-6(8)4-3-5;1-2/h1-4,7-8H;2H2,1H3. The van der Waals surface area contributed by atoms with Crippen LogP contribution in [0.5, 0.6) is 11.5 Å². The van der Waals surface area contributed by atoms with Crippen LogP contribution in [0.25, 0.3) is 0 Å². The smallest absolute Gasteiger partial charge is 0.115 e. The van der Waals surface area contributed by atoms with Crippen molar-refractivity contribution in [2.24, 2.45) is 5.73 Å². The largest absolute Gasteiger partial charge is 0.508 e. The van der Waals surface area contributed by atoms with E-state index in [0.29, 0.717) is 0 Å². The highest BCUT2D eigenvalue weighted by atomic mass is 16.3. The molecule has 0 atom stereocenters. The molecule has 0 saturated carbocycles. The number of hydrogen-bond acceptors (Lipinski definition) is 3. The molecule has 0 amide bonds. The van der Waals surface area contributed by atoms with E-state index in [1.54, 1.807) is 0 Å². The first-order chi connectivity index (χ1) is 4.79. The maximum absolute atomic E-state index is 8.65. The summed E-state index contributed by atoms with van der Waals surface area (Å²) in [5.41, 5.74) is 4.50. The monoisotopic (exact) mass is 141 g/mol. The predicted molar refractivity (Wildman–Crippen MR) is 39.9 cm³/mol. The first kappa shape index (κ1) is 8.78. The summed E-state index contributed by atoms with van der Waals surface area (Å²) in [6, 6.07) is 5.70. The molecule has 0 aromatic heterocycles. The SMILES string of the molecule is CN.Oc1ccc(O)cc1. The summed E-state index contributed by atoms with van der Waals surface area (Å²) >= 11 is 0. The lowest BCUT2D eigenvalue weighted by molar-refractivity contribution is 0.460. The average Bonchev–Trinajstić information content (AvgIpc) is 2.00. The van der Waals surface area contributed by atoms with Gasteiger partial charge in [-0.2, -0.15) is 0 Å². The third kappa shape index (κ3) is 2.94. The molecule has 1 rings (SSSR count). The molecule has 56 valence electrons. The topological polar surface area (TPSA) is 66.5 Å².